The van der Waals surface area contributed by atoms with Gasteiger partial charge in [-0.05, 0) is 49.2 Å². The number of ether oxygens (including phenoxy) is 2. The SMILES string of the molecule is COc1cccc(C(F)(F)COCCCCCCNC[C@@H](O)c2ccc(O)c(CO)c2)c1. The van der Waals surface area contributed by atoms with Gasteiger partial charge in [0, 0.05) is 24.3 Å². The summed E-state index contributed by atoms with van der Waals surface area (Å²) in [6.07, 6.45) is 2.65. The van der Waals surface area contributed by atoms with Gasteiger partial charge >= 0.3 is 0 Å². The van der Waals surface area contributed by atoms with Gasteiger partial charge in [0.05, 0.1) is 19.8 Å². The van der Waals surface area contributed by atoms with E-state index in [1.165, 1.54) is 31.4 Å². The Morgan fingerprint density at radius 3 is 2.59 bits per heavy atom. The van der Waals surface area contributed by atoms with Crippen molar-refractivity contribution in [2.75, 3.05) is 33.4 Å². The number of aromatic hydroxyl groups is 1. The number of aliphatic hydroxyl groups excluding tert-OH is 2. The highest BCUT2D eigenvalue weighted by atomic mass is 19.3. The highest BCUT2D eigenvalue weighted by Crippen LogP contribution is 2.30. The Balaban J connectivity index is 1.53. The van der Waals surface area contributed by atoms with Crippen LogP contribution in [0, 0.1) is 0 Å². The summed E-state index contributed by atoms with van der Waals surface area (Å²) >= 11 is 0. The van der Waals surface area contributed by atoms with Crippen molar-refractivity contribution in [3.05, 3.63) is 59.2 Å². The second-order valence-electron chi connectivity index (χ2n) is 7.67. The Kier molecular flexibility index (Phi) is 10.8. The zero-order chi connectivity index (χ0) is 23.4. The molecule has 0 fully saturated rings. The van der Waals surface area contributed by atoms with Crippen LogP contribution in [0.4, 0.5) is 8.78 Å². The summed E-state index contributed by atoms with van der Waals surface area (Å²) in [6, 6.07) is 10.5. The first-order chi connectivity index (χ1) is 15.4. The smallest absolute Gasteiger partial charge is 0.296 e. The van der Waals surface area contributed by atoms with Gasteiger partial charge in [-0.15, -0.1) is 0 Å². The topological polar surface area (TPSA) is 91.2 Å². The molecule has 4 N–H and O–H groups in total. The third-order valence-electron chi connectivity index (χ3n) is 5.16. The first-order valence-corrected chi connectivity index (χ1v) is 10.8. The number of halogens is 2. The number of rotatable bonds is 15. The highest BCUT2D eigenvalue weighted by Gasteiger charge is 2.32. The van der Waals surface area contributed by atoms with Crippen molar-refractivity contribution in [3.63, 3.8) is 0 Å². The standard InChI is InChI=1S/C24H33F2NO5/c1-31-21-8-6-7-20(14-21)24(25,26)17-32-12-5-3-2-4-11-27-15-23(30)18-9-10-22(29)19(13-18)16-28/h6-10,13-14,23,27-30H,2-5,11-12,15-17H2,1H3/t23-/m1/s1. The van der Waals surface area contributed by atoms with Gasteiger partial charge in [0.15, 0.2) is 0 Å². The number of phenols is 1. The summed E-state index contributed by atoms with van der Waals surface area (Å²) in [7, 11) is 1.44. The molecule has 0 saturated carbocycles. The van der Waals surface area contributed by atoms with Crippen molar-refractivity contribution >= 4 is 0 Å². The predicted molar refractivity (Wildman–Crippen MR) is 118 cm³/mol. The lowest BCUT2D eigenvalue weighted by molar-refractivity contribution is -0.0832. The maximum atomic E-state index is 14.2. The minimum atomic E-state index is -3.06. The van der Waals surface area contributed by atoms with E-state index in [1.54, 1.807) is 18.2 Å². The minimum Gasteiger partial charge on any atom is -0.508 e. The second kappa shape index (κ2) is 13.3. The van der Waals surface area contributed by atoms with Crippen LogP contribution in [0.1, 0.15) is 48.5 Å². The summed E-state index contributed by atoms with van der Waals surface area (Å²) in [5, 5.41) is 32.1. The molecule has 0 spiro atoms. The van der Waals surface area contributed by atoms with E-state index in [-0.39, 0.29) is 24.5 Å². The lowest BCUT2D eigenvalue weighted by Crippen LogP contribution is -2.22. The lowest BCUT2D eigenvalue weighted by atomic mass is 10.1. The van der Waals surface area contributed by atoms with Gasteiger partial charge in [-0.3, -0.25) is 0 Å². The van der Waals surface area contributed by atoms with Crippen LogP contribution >= 0.6 is 0 Å². The van der Waals surface area contributed by atoms with E-state index in [0.29, 0.717) is 29.8 Å². The van der Waals surface area contributed by atoms with Crippen LogP contribution in [-0.2, 0) is 17.3 Å². The minimum absolute atomic E-state index is 0.00408. The molecular formula is C24H33F2NO5. The van der Waals surface area contributed by atoms with Gasteiger partial charge < -0.3 is 30.1 Å². The number of benzene rings is 2. The van der Waals surface area contributed by atoms with Gasteiger partial charge in [-0.1, -0.05) is 31.0 Å². The number of alkyl halides is 2. The van der Waals surface area contributed by atoms with E-state index < -0.39 is 18.6 Å². The quantitative estimate of drug-likeness (QED) is 0.306. The fourth-order valence-corrected chi connectivity index (χ4v) is 3.24. The Morgan fingerprint density at radius 1 is 1.06 bits per heavy atom. The van der Waals surface area contributed by atoms with Crippen LogP contribution in [0.25, 0.3) is 0 Å². The second-order valence-corrected chi connectivity index (χ2v) is 7.67. The van der Waals surface area contributed by atoms with E-state index in [0.717, 1.165) is 25.8 Å². The highest BCUT2D eigenvalue weighted by molar-refractivity contribution is 5.36. The zero-order valence-electron chi connectivity index (χ0n) is 18.4. The number of methoxy groups -OCH3 is 1. The average Bonchev–Trinajstić information content (AvgIpc) is 2.80. The summed E-state index contributed by atoms with van der Waals surface area (Å²) < 4.78 is 38.6. The molecule has 2 aromatic carbocycles. The van der Waals surface area contributed by atoms with Crippen molar-refractivity contribution in [1.82, 2.24) is 5.32 Å². The summed E-state index contributed by atoms with van der Waals surface area (Å²) in [6.45, 7) is 0.408. The number of unbranched alkanes of at least 4 members (excludes halogenated alkanes) is 3. The number of hydrogen-bond acceptors (Lipinski definition) is 6. The largest absolute Gasteiger partial charge is 0.508 e. The molecule has 178 valence electrons. The van der Waals surface area contributed by atoms with Crippen LogP contribution in [0.2, 0.25) is 0 Å². The maximum absolute atomic E-state index is 14.2. The van der Waals surface area contributed by atoms with E-state index in [4.69, 9.17) is 9.47 Å². The molecule has 0 bridgehead atoms. The molecule has 32 heavy (non-hydrogen) atoms. The summed E-state index contributed by atoms with van der Waals surface area (Å²) in [5.41, 5.74) is 0.886. The number of nitrogens with one attached hydrogen (secondary N) is 1. The normalized spacial score (nSPS) is 12.7. The van der Waals surface area contributed by atoms with Crippen molar-refractivity contribution in [2.24, 2.45) is 0 Å². The van der Waals surface area contributed by atoms with E-state index in [1.807, 2.05) is 0 Å². The maximum Gasteiger partial charge on any atom is 0.296 e. The third-order valence-corrected chi connectivity index (χ3v) is 5.16. The summed E-state index contributed by atoms with van der Waals surface area (Å²) in [5.74, 6) is -2.67. The molecule has 0 aliphatic carbocycles. The van der Waals surface area contributed by atoms with Crippen LogP contribution in [0.3, 0.4) is 0 Å². The fourth-order valence-electron chi connectivity index (χ4n) is 3.24. The molecule has 0 aliphatic heterocycles. The third kappa shape index (κ3) is 8.35. The van der Waals surface area contributed by atoms with Crippen LogP contribution in [0.5, 0.6) is 11.5 Å². The predicted octanol–water partition coefficient (Wildman–Crippen LogP) is 3.89. The lowest BCUT2D eigenvalue weighted by Gasteiger charge is -2.17. The first-order valence-electron chi connectivity index (χ1n) is 10.8. The fraction of sp³-hybridized carbons (Fsp3) is 0.500. The molecule has 2 aromatic rings. The van der Waals surface area contributed by atoms with Gasteiger partial charge in [-0.25, -0.2) is 0 Å². The average molecular weight is 454 g/mol. The van der Waals surface area contributed by atoms with Crippen molar-refractivity contribution in [3.8, 4) is 11.5 Å². The summed E-state index contributed by atoms with van der Waals surface area (Å²) in [4.78, 5) is 0. The molecule has 2 rings (SSSR count). The molecule has 0 radical (unpaired) electrons. The number of hydrogen-bond donors (Lipinski definition) is 4. The molecule has 0 saturated heterocycles. The monoisotopic (exact) mass is 453 g/mol. The Bertz CT molecular complexity index is 819. The molecule has 1 atom stereocenters. The zero-order valence-corrected chi connectivity index (χ0v) is 18.4. The molecular weight excluding hydrogens is 420 g/mol. The van der Waals surface area contributed by atoms with E-state index >= 15 is 0 Å². The molecule has 0 heterocycles. The van der Waals surface area contributed by atoms with Gasteiger partial charge in [-0.2, -0.15) is 8.78 Å². The van der Waals surface area contributed by atoms with Gasteiger partial charge in [0.25, 0.3) is 5.92 Å². The van der Waals surface area contributed by atoms with Crippen LogP contribution in [-0.4, -0.2) is 48.7 Å². The Morgan fingerprint density at radius 2 is 1.84 bits per heavy atom. The van der Waals surface area contributed by atoms with Crippen molar-refractivity contribution in [1.29, 1.82) is 0 Å². The van der Waals surface area contributed by atoms with Crippen LogP contribution in [0.15, 0.2) is 42.5 Å². The van der Waals surface area contributed by atoms with E-state index in [2.05, 4.69) is 5.32 Å². The molecule has 0 amide bonds. The molecule has 8 heteroatoms. The number of aliphatic hydroxyl groups is 2. The van der Waals surface area contributed by atoms with Gasteiger partial charge in [0.2, 0.25) is 0 Å². The molecule has 0 aliphatic rings. The molecule has 0 unspecified atom stereocenters. The molecule has 6 nitrogen and oxygen atoms in total. The molecule has 0 aromatic heterocycles. The van der Waals surface area contributed by atoms with Crippen molar-refractivity contribution in [2.45, 2.75) is 44.3 Å². The first kappa shape index (κ1) is 26.0. The van der Waals surface area contributed by atoms with Crippen molar-refractivity contribution < 1.29 is 33.6 Å². The Labute approximate surface area is 187 Å². The van der Waals surface area contributed by atoms with Gasteiger partial charge in [0.1, 0.15) is 18.1 Å². The Hall–Kier alpha value is -2.26. The van der Waals surface area contributed by atoms with E-state index in [9.17, 15) is 24.1 Å². The van der Waals surface area contributed by atoms with Crippen LogP contribution < -0.4 is 10.1 Å².